The molecule has 6 rings (SSSR count). The molecular weight excluding hydrogens is 398 g/mol. The predicted molar refractivity (Wildman–Crippen MR) is 102 cm³/mol. The number of benzene rings is 1. The van der Waals surface area contributed by atoms with E-state index < -0.39 is 26.6 Å². The molecule has 1 saturated heterocycles. The minimum atomic E-state index is -4.05. The highest BCUT2D eigenvalue weighted by Gasteiger charge is 2.51. The van der Waals surface area contributed by atoms with Crippen LogP contribution >= 0.6 is 0 Å². The number of hydrogen-bond acceptors (Lipinski definition) is 3. The van der Waals surface area contributed by atoms with Crippen LogP contribution in [0.15, 0.2) is 23.1 Å². The van der Waals surface area contributed by atoms with E-state index in [1.807, 2.05) is 0 Å². The Bertz CT molecular complexity index is 900. The summed E-state index contributed by atoms with van der Waals surface area (Å²) in [5.74, 6) is 0.972. The molecule has 0 aromatic heterocycles. The Labute approximate surface area is 170 Å². The summed E-state index contributed by atoms with van der Waals surface area (Å²) in [6.07, 6.45) is 6.01. The number of piperazine rings is 1. The lowest BCUT2D eigenvalue weighted by molar-refractivity contribution is -0.150. The van der Waals surface area contributed by atoms with Crippen molar-refractivity contribution in [3.63, 3.8) is 0 Å². The highest BCUT2D eigenvalue weighted by molar-refractivity contribution is 7.89. The van der Waals surface area contributed by atoms with Crippen molar-refractivity contribution in [3.8, 4) is 0 Å². The smallest absolute Gasteiger partial charge is 0.246 e. The Morgan fingerprint density at radius 1 is 0.897 bits per heavy atom. The van der Waals surface area contributed by atoms with Crippen molar-refractivity contribution in [2.75, 3.05) is 26.2 Å². The molecular formula is C21H26F2N2O3S. The van der Waals surface area contributed by atoms with Crippen molar-refractivity contribution in [2.45, 2.75) is 37.0 Å². The summed E-state index contributed by atoms with van der Waals surface area (Å²) >= 11 is 0. The molecule has 4 aliphatic carbocycles. The van der Waals surface area contributed by atoms with E-state index in [-0.39, 0.29) is 24.9 Å². The lowest BCUT2D eigenvalue weighted by Crippen LogP contribution is -2.56. The van der Waals surface area contributed by atoms with Gasteiger partial charge in [0.15, 0.2) is 0 Å². The molecule has 0 spiro atoms. The minimum absolute atomic E-state index is 0.0977. The molecule has 0 N–H and O–H groups in total. The molecule has 1 aromatic carbocycles. The Hall–Kier alpha value is -1.54. The van der Waals surface area contributed by atoms with Crippen LogP contribution in [0.25, 0.3) is 0 Å². The van der Waals surface area contributed by atoms with E-state index in [0.717, 1.165) is 24.0 Å². The lowest BCUT2D eigenvalue weighted by Gasteiger charge is -2.54. The summed E-state index contributed by atoms with van der Waals surface area (Å²) in [6.45, 7) is 0.920. The molecule has 29 heavy (non-hydrogen) atoms. The summed E-state index contributed by atoms with van der Waals surface area (Å²) in [6, 6.07) is 2.49. The third-order valence-electron chi connectivity index (χ3n) is 7.57. The van der Waals surface area contributed by atoms with Crippen LogP contribution in [0, 0.1) is 41.2 Å². The highest BCUT2D eigenvalue weighted by atomic mass is 32.2. The number of nitrogens with zero attached hydrogens (tertiary/aromatic N) is 2. The third kappa shape index (κ3) is 3.28. The Morgan fingerprint density at radius 2 is 1.48 bits per heavy atom. The van der Waals surface area contributed by atoms with E-state index in [1.54, 1.807) is 4.90 Å². The molecule has 1 aliphatic heterocycles. The predicted octanol–water partition coefficient (Wildman–Crippen LogP) is 2.87. The van der Waals surface area contributed by atoms with Gasteiger partial charge in [-0.3, -0.25) is 4.79 Å². The van der Waals surface area contributed by atoms with E-state index in [0.29, 0.717) is 31.0 Å². The largest absolute Gasteiger partial charge is 0.340 e. The fourth-order valence-electron chi connectivity index (χ4n) is 6.51. The number of carbonyl (C=O) groups is 1. The molecule has 0 atom stereocenters. The van der Waals surface area contributed by atoms with E-state index in [4.69, 9.17) is 0 Å². The van der Waals surface area contributed by atoms with Gasteiger partial charge in [-0.1, -0.05) is 0 Å². The normalized spacial score (nSPS) is 34.6. The van der Waals surface area contributed by atoms with Crippen molar-refractivity contribution >= 4 is 15.9 Å². The first-order valence-corrected chi connectivity index (χ1v) is 12.0. The van der Waals surface area contributed by atoms with Crippen LogP contribution in [0.1, 0.15) is 32.1 Å². The molecule has 5 fully saturated rings. The average molecular weight is 425 g/mol. The molecule has 0 radical (unpaired) electrons. The molecule has 1 heterocycles. The molecule has 1 amide bonds. The fourth-order valence-corrected chi connectivity index (χ4v) is 7.98. The Morgan fingerprint density at radius 3 is 2.03 bits per heavy atom. The second-order valence-corrected chi connectivity index (χ2v) is 11.2. The van der Waals surface area contributed by atoms with Crippen molar-refractivity contribution in [1.29, 1.82) is 0 Å². The monoisotopic (exact) mass is 424 g/mol. The van der Waals surface area contributed by atoms with Crippen molar-refractivity contribution < 1.29 is 22.0 Å². The van der Waals surface area contributed by atoms with Gasteiger partial charge in [-0.15, -0.1) is 0 Å². The third-order valence-corrected chi connectivity index (χ3v) is 9.51. The average Bonchev–Trinajstić information content (AvgIpc) is 2.67. The molecule has 1 aromatic rings. The first kappa shape index (κ1) is 19.4. The van der Waals surface area contributed by atoms with E-state index in [1.165, 1.54) is 36.4 Å². The quantitative estimate of drug-likeness (QED) is 0.750. The van der Waals surface area contributed by atoms with E-state index >= 15 is 0 Å². The van der Waals surface area contributed by atoms with Gasteiger partial charge in [0, 0.05) is 38.2 Å². The number of rotatable bonds is 3. The van der Waals surface area contributed by atoms with Gasteiger partial charge in [-0.25, -0.2) is 17.2 Å². The van der Waals surface area contributed by atoms with Gasteiger partial charge in [-0.05, 0) is 67.9 Å². The van der Waals surface area contributed by atoms with Gasteiger partial charge < -0.3 is 4.90 Å². The second kappa shape index (κ2) is 7.01. The van der Waals surface area contributed by atoms with Crippen LogP contribution in [0.4, 0.5) is 8.78 Å². The zero-order valence-corrected chi connectivity index (χ0v) is 17.1. The van der Waals surface area contributed by atoms with Crippen LogP contribution in [0.2, 0.25) is 0 Å². The summed E-state index contributed by atoms with van der Waals surface area (Å²) in [5.41, 5.74) is 0. The SMILES string of the molecule is O=C(C1C2CC3CC(C2)CC1C3)N1CCN(S(=O)(=O)c2ccc(F)cc2F)CC1. The second-order valence-electron chi connectivity index (χ2n) is 9.26. The van der Waals surface area contributed by atoms with Gasteiger partial charge in [-0.2, -0.15) is 4.31 Å². The number of hydrogen-bond donors (Lipinski definition) is 0. The highest BCUT2D eigenvalue weighted by Crippen LogP contribution is 2.56. The molecule has 0 unspecified atom stereocenters. The number of halogens is 2. The van der Waals surface area contributed by atoms with Crippen LogP contribution in [-0.2, 0) is 14.8 Å². The molecule has 158 valence electrons. The maximum atomic E-state index is 14.0. The van der Waals surface area contributed by atoms with E-state index in [2.05, 4.69) is 0 Å². The summed E-state index contributed by atoms with van der Waals surface area (Å²) in [4.78, 5) is 14.6. The fraction of sp³-hybridized carbons (Fsp3) is 0.667. The molecule has 5 aliphatic rings. The molecule has 5 nitrogen and oxygen atoms in total. The standard InChI is InChI=1S/C21H26F2N2O3S/c22-17-1-2-19(18(23)12-17)29(27,28)25-5-3-24(4-6-25)21(26)20-15-8-13-7-14(10-15)11-16(20)9-13/h1-2,12-16,20H,3-11H2. The number of sulfonamides is 1. The number of carbonyl (C=O) groups excluding carboxylic acids is 1. The van der Waals surface area contributed by atoms with Gasteiger partial charge in [0.1, 0.15) is 16.5 Å². The first-order chi connectivity index (χ1) is 13.8. The summed E-state index contributed by atoms with van der Waals surface area (Å²) in [5, 5.41) is 0. The minimum Gasteiger partial charge on any atom is -0.340 e. The Balaban J connectivity index is 1.26. The van der Waals surface area contributed by atoms with Gasteiger partial charge in [0.2, 0.25) is 15.9 Å². The van der Waals surface area contributed by atoms with Crippen LogP contribution < -0.4 is 0 Å². The Kier molecular flexibility index (Phi) is 4.70. The van der Waals surface area contributed by atoms with Crippen molar-refractivity contribution in [2.24, 2.45) is 29.6 Å². The van der Waals surface area contributed by atoms with Crippen molar-refractivity contribution in [3.05, 3.63) is 29.8 Å². The van der Waals surface area contributed by atoms with Crippen LogP contribution in [0.5, 0.6) is 0 Å². The summed E-state index contributed by atoms with van der Waals surface area (Å²) in [7, 11) is -4.05. The summed E-state index contributed by atoms with van der Waals surface area (Å²) < 4.78 is 53.8. The molecule has 4 saturated carbocycles. The maximum Gasteiger partial charge on any atom is 0.246 e. The lowest BCUT2D eigenvalue weighted by atomic mass is 9.51. The van der Waals surface area contributed by atoms with Gasteiger partial charge in [0.25, 0.3) is 0 Å². The first-order valence-electron chi connectivity index (χ1n) is 10.6. The number of amides is 1. The van der Waals surface area contributed by atoms with Crippen molar-refractivity contribution in [1.82, 2.24) is 9.21 Å². The van der Waals surface area contributed by atoms with Gasteiger partial charge >= 0.3 is 0 Å². The zero-order valence-electron chi connectivity index (χ0n) is 16.3. The van der Waals surface area contributed by atoms with Gasteiger partial charge in [0.05, 0.1) is 0 Å². The molecule has 8 heteroatoms. The maximum absolute atomic E-state index is 14.0. The zero-order chi connectivity index (χ0) is 20.3. The van der Waals surface area contributed by atoms with Crippen LogP contribution in [-0.4, -0.2) is 49.7 Å². The van der Waals surface area contributed by atoms with Crippen LogP contribution in [0.3, 0.4) is 0 Å². The molecule has 4 bridgehead atoms. The topological polar surface area (TPSA) is 57.7 Å². The van der Waals surface area contributed by atoms with E-state index in [9.17, 15) is 22.0 Å².